The Kier molecular flexibility index (Phi) is 2.29. The summed E-state index contributed by atoms with van der Waals surface area (Å²) in [7, 11) is 1.53. The van der Waals surface area contributed by atoms with E-state index >= 15 is 0 Å². The number of nitro groups is 1. The molecule has 0 aliphatic carbocycles. The maximum atomic E-state index is 11.0. The summed E-state index contributed by atoms with van der Waals surface area (Å²) in [6, 6.07) is 1.15. The first kappa shape index (κ1) is 9.20. The smallest absolute Gasteiger partial charge is 0.287 e. The van der Waals surface area contributed by atoms with Crippen molar-refractivity contribution < 1.29 is 9.72 Å². The summed E-state index contributed by atoms with van der Waals surface area (Å²) in [6.07, 6.45) is 1.24. The number of hydrazine groups is 1. The molecule has 0 saturated carbocycles. The third-order valence-electron chi connectivity index (χ3n) is 1.57. The second-order valence-corrected chi connectivity index (χ2v) is 2.43. The maximum absolute atomic E-state index is 11.0. The van der Waals surface area contributed by atoms with E-state index in [0.717, 1.165) is 6.07 Å². The van der Waals surface area contributed by atoms with Crippen LogP contribution < -0.4 is 11.3 Å². The molecule has 0 radical (unpaired) electrons. The predicted molar refractivity (Wildman–Crippen MR) is 43.7 cm³/mol. The van der Waals surface area contributed by atoms with Crippen LogP contribution in [0.25, 0.3) is 0 Å². The van der Waals surface area contributed by atoms with Crippen LogP contribution in [0, 0.1) is 10.1 Å². The average molecular weight is 184 g/mol. The highest BCUT2D eigenvalue weighted by atomic mass is 16.6. The lowest BCUT2D eigenvalue weighted by molar-refractivity contribution is -0.384. The minimum Gasteiger partial charge on any atom is -0.340 e. The molecule has 1 aromatic heterocycles. The predicted octanol–water partition coefficient (Wildman–Crippen LogP) is -0.463. The molecule has 70 valence electrons. The van der Waals surface area contributed by atoms with E-state index < -0.39 is 10.8 Å². The number of amides is 1. The molecule has 0 fully saturated rings. The average Bonchev–Trinajstić information content (AvgIpc) is 2.46. The van der Waals surface area contributed by atoms with Gasteiger partial charge in [-0.1, -0.05) is 0 Å². The monoisotopic (exact) mass is 184 g/mol. The van der Waals surface area contributed by atoms with Crippen molar-refractivity contribution in [1.29, 1.82) is 0 Å². The summed E-state index contributed by atoms with van der Waals surface area (Å²) in [6.45, 7) is 0. The fourth-order valence-corrected chi connectivity index (χ4v) is 0.947. The number of aromatic nitrogens is 1. The number of nitrogens with one attached hydrogen (secondary N) is 1. The van der Waals surface area contributed by atoms with Crippen LogP contribution in [0.15, 0.2) is 12.3 Å². The molecular formula is C6H8N4O3. The van der Waals surface area contributed by atoms with Crippen molar-refractivity contribution in [3.8, 4) is 0 Å². The molecule has 13 heavy (non-hydrogen) atoms. The van der Waals surface area contributed by atoms with E-state index in [0.29, 0.717) is 0 Å². The SMILES string of the molecule is Cn1cc([N+](=O)[O-])cc1C(=O)NN. The Bertz CT molecular complexity index is 357. The first-order valence-corrected chi connectivity index (χ1v) is 3.38. The highest BCUT2D eigenvalue weighted by Gasteiger charge is 2.16. The molecule has 1 rings (SSSR count). The van der Waals surface area contributed by atoms with Gasteiger partial charge in [-0.25, -0.2) is 5.84 Å². The molecule has 0 spiro atoms. The van der Waals surface area contributed by atoms with E-state index in [2.05, 4.69) is 0 Å². The molecule has 1 amide bonds. The first-order chi connectivity index (χ1) is 6.06. The van der Waals surface area contributed by atoms with E-state index in [-0.39, 0.29) is 11.4 Å². The van der Waals surface area contributed by atoms with Crippen LogP contribution in [0.5, 0.6) is 0 Å². The molecule has 7 heteroatoms. The minimum absolute atomic E-state index is 0.138. The number of rotatable bonds is 2. The highest BCUT2D eigenvalue weighted by molar-refractivity contribution is 5.93. The zero-order valence-electron chi connectivity index (χ0n) is 6.85. The van der Waals surface area contributed by atoms with Gasteiger partial charge >= 0.3 is 0 Å². The van der Waals surface area contributed by atoms with Gasteiger partial charge < -0.3 is 4.57 Å². The zero-order chi connectivity index (χ0) is 10.0. The fourth-order valence-electron chi connectivity index (χ4n) is 0.947. The second-order valence-electron chi connectivity index (χ2n) is 2.43. The van der Waals surface area contributed by atoms with Crippen molar-refractivity contribution in [2.45, 2.75) is 0 Å². The first-order valence-electron chi connectivity index (χ1n) is 3.38. The van der Waals surface area contributed by atoms with Gasteiger partial charge in [0.1, 0.15) is 5.69 Å². The van der Waals surface area contributed by atoms with Crippen molar-refractivity contribution in [3.63, 3.8) is 0 Å². The standard InChI is InChI=1S/C6H8N4O3/c1-9-3-4(10(12)13)2-5(9)6(11)8-7/h2-3H,7H2,1H3,(H,8,11). The number of aryl methyl sites for hydroxylation is 1. The van der Waals surface area contributed by atoms with E-state index in [4.69, 9.17) is 5.84 Å². The van der Waals surface area contributed by atoms with Gasteiger partial charge in [0.15, 0.2) is 0 Å². The number of hydrogen-bond acceptors (Lipinski definition) is 4. The van der Waals surface area contributed by atoms with Crippen LogP contribution in [0.3, 0.4) is 0 Å². The topological polar surface area (TPSA) is 103 Å². The van der Waals surface area contributed by atoms with Crippen molar-refractivity contribution in [3.05, 3.63) is 28.1 Å². The highest BCUT2D eigenvalue weighted by Crippen LogP contribution is 2.14. The summed E-state index contributed by atoms with van der Waals surface area (Å²) in [5.74, 6) is 4.32. The summed E-state index contributed by atoms with van der Waals surface area (Å²) in [5.41, 5.74) is 1.90. The number of nitrogen functional groups attached to an aromatic ring is 1. The van der Waals surface area contributed by atoms with Gasteiger partial charge in [0, 0.05) is 13.1 Å². The van der Waals surface area contributed by atoms with E-state index in [1.807, 2.05) is 5.43 Å². The maximum Gasteiger partial charge on any atom is 0.287 e. The molecule has 3 N–H and O–H groups in total. The largest absolute Gasteiger partial charge is 0.340 e. The van der Waals surface area contributed by atoms with Gasteiger partial charge in [-0.2, -0.15) is 0 Å². The summed E-state index contributed by atoms with van der Waals surface area (Å²) >= 11 is 0. The molecule has 0 atom stereocenters. The van der Waals surface area contributed by atoms with E-state index in [1.165, 1.54) is 17.8 Å². The molecule has 0 aliphatic heterocycles. The van der Waals surface area contributed by atoms with Crippen LogP contribution in [-0.4, -0.2) is 15.4 Å². The van der Waals surface area contributed by atoms with Gasteiger partial charge in [0.25, 0.3) is 11.6 Å². The quantitative estimate of drug-likeness (QED) is 0.281. The lowest BCUT2D eigenvalue weighted by atomic mass is 10.4. The summed E-state index contributed by atoms with van der Waals surface area (Å²) < 4.78 is 1.33. The Labute approximate surface area is 73.3 Å². The molecular weight excluding hydrogens is 176 g/mol. The van der Waals surface area contributed by atoms with Crippen molar-refractivity contribution in [2.75, 3.05) is 0 Å². The number of nitrogens with zero attached hydrogens (tertiary/aromatic N) is 2. The molecule has 1 heterocycles. The molecule has 0 bridgehead atoms. The molecule has 1 aromatic rings. The van der Waals surface area contributed by atoms with Gasteiger partial charge in [0.05, 0.1) is 11.1 Å². The Morgan fingerprint density at radius 3 is 2.77 bits per heavy atom. The van der Waals surface area contributed by atoms with Gasteiger partial charge in [-0.3, -0.25) is 20.3 Å². The Hall–Kier alpha value is -1.89. The van der Waals surface area contributed by atoms with Crippen LogP contribution in [-0.2, 0) is 7.05 Å². The number of carbonyl (C=O) groups is 1. The van der Waals surface area contributed by atoms with E-state index in [1.54, 1.807) is 0 Å². The molecule has 0 aromatic carbocycles. The number of carbonyl (C=O) groups excluding carboxylic acids is 1. The van der Waals surface area contributed by atoms with Crippen LogP contribution in [0.4, 0.5) is 5.69 Å². The van der Waals surface area contributed by atoms with Gasteiger partial charge in [-0.05, 0) is 0 Å². The minimum atomic E-state index is -0.576. The second kappa shape index (κ2) is 3.23. The summed E-state index contributed by atoms with van der Waals surface area (Å²) in [5, 5.41) is 10.3. The summed E-state index contributed by atoms with van der Waals surface area (Å²) in [4.78, 5) is 20.7. The molecule has 0 saturated heterocycles. The zero-order valence-corrected chi connectivity index (χ0v) is 6.85. The molecule has 7 nitrogen and oxygen atoms in total. The van der Waals surface area contributed by atoms with Gasteiger partial charge in [0.2, 0.25) is 0 Å². The van der Waals surface area contributed by atoms with E-state index in [9.17, 15) is 14.9 Å². The molecule has 0 unspecified atom stereocenters. The number of hydrogen-bond donors (Lipinski definition) is 2. The van der Waals surface area contributed by atoms with Crippen molar-refractivity contribution in [2.24, 2.45) is 12.9 Å². The third kappa shape index (κ3) is 1.64. The van der Waals surface area contributed by atoms with Gasteiger partial charge in [-0.15, -0.1) is 0 Å². The molecule has 0 aliphatic rings. The fraction of sp³-hybridized carbons (Fsp3) is 0.167. The van der Waals surface area contributed by atoms with Crippen LogP contribution >= 0.6 is 0 Å². The van der Waals surface area contributed by atoms with Crippen molar-refractivity contribution >= 4 is 11.6 Å². The normalized spacial score (nSPS) is 9.69. The van der Waals surface area contributed by atoms with Crippen molar-refractivity contribution in [1.82, 2.24) is 9.99 Å². The Morgan fingerprint density at radius 1 is 1.77 bits per heavy atom. The number of nitrogens with two attached hydrogens (primary N) is 1. The lowest BCUT2D eigenvalue weighted by Crippen LogP contribution is -2.31. The van der Waals surface area contributed by atoms with Crippen LogP contribution in [0.1, 0.15) is 10.5 Å². The third-order valence-corrected chi connectivity index (χ3v) is 1.57. The lowest BCUT2D eigenvalue weighted by Gasteiger charge is -1.98. The Morgan fingerprint density at radius 2 is 2.38 bits per heavy atom. The van der Waals surface area contributed by atoms with Crippen LogP contribution in [0.2, 0.25) is 0 Å². The Balaban J connectivity index is 3.10.